The lowest BCUT2D eigenvalue weighted by Gasteiger charge is -2.21. The second-order valence-corrected chi connectivity index (χ2v) is 5.19. The van der Waals surface area contributed by atoms with Crippen molar-refractivity contribution in [2.24, 2.45) is 11.8 Å². The molecule has 0 saturated heterocycles. The summed E-state index contributed by atoms with van der Waals surface area (Å²) in [6.45, 7) is 8.30. The van der Waals surface area contributed by atoms with Crippen LogP contribution in [-0.4, -0.2) is 13.1 Å². The fraction of sp³-hybridized carbons (Fsp3) is 0.600. The molecule has 0 aliphatic carbocycles. The number of halogens is 2. The van der Waals surface area contributed by atoms with Crippen LogP contribution in [0, 0.1) is 23.5 Å². The third-order valence-electron chi connectivity index (χ3n) is 3.20. The molecule has 0 saturated carbocycles. The molecule has 1 nitrogen and oxygen atoms in total. The zero-order chi connectivity index (χ0) is 13.5. The van der Waals surface area contributed by atoms with Crippen molar-refractivity contribution in [3.63, 3.8) is 0 Å². The van der Waals surface area contributed by atoms with E-state index in [1.165, 1.54) is 12.1 Å². The number of hydrogen-bond donors (Lipinski definition) is 1. The van der Waals surface area contributed by atoms with E-state index in [0.29, 0.717) is 18.3 Å². The average molecular weight is 255 g/mol. The maximum atomic E-state index is 13.1. The Morgan fingerprint density at radius 3 is 2.22 bits per heavy atom. The molecule has 0 radical (unpaired) electrons. The predicted octanol–water partition coefficient (Wildman–Crippen LogP) is 3.78. The highest BCUT2D eigenvalue weighted by Gasteiger charge is 2.14. The molecule has 102 valence electrons. The van der Waals surface area contributed by atoms with E-state index in [9.17, 15) is 8.78 Å². The second kappa shape index (κ2) is 7.47. The van der Waals surface area contributed by atoms with E-state index in [-0.39, 0.29) is 0 Å². The molecule has 18 heavy (non-hydrogen) atoms. The molecule has 0 fully saturated rings. The van der Waals surface area contributed by atoms with Gasteiger partial charge in [0.2, 0.25) is 0 Å². The second-order valence-electron chi connectivity index (χ2n) is 5.19. The van der Waals surface area contributed by atoms with Crippen molar-refractivity contribution < 1.29 is 8.78 Å². The molecule has 0 spiro atoms. The Morgan fingerprint density at radius 2 is 1.72 bits per heavy atom. The van der Waals surface area contributed by atoms with Crippen molar-refractivity contribution in [2.45, 2.75) is 33.6 Å². The van der Waals surface area contributed by atoms with Gasteiger partial charge in [0.25, 0.3) is 0 Å². The van der Waals surface area contributed by atoms with Crippen LogP contribution in [0.5, 0.6) is 0 Å². The molecule has 1 aromatic carbocycles. The monoisotopic (exact) mass is 255 g/mol. The van der Waals surface area contributed by atoms with Gasteiger partial charge in [-0.05, 0) is 55.5 Å². The fourth-order valence-corrected chi connectivity index (χ4v) is 2.04. The van der Waals surface area contributed by atoms with E-state index >= 15 is 0 Å². The van der Waals surface area contributed by atoms with Crippen molar-refractivity contribution in [3.8, 4) is 0 Å². The van der Waals surface area contributed by atoms with Gasteiger partial charge in [-0.3, -0.25) is 0 Å². The highest BCUT2D eigenvalue weighted by atomic mass is 19.1. The van der Waals surface area contributed by atoms with Gasteiger partial charge in [-0.25, -0.2) is 8.78 Å². The van der Waals surface area contributed by atoms with Crippen molar-refractivity contribution in [3.05, 3.63) is 35.4 Å². The van der Waals surface area contributed by atoms with Crippen LogP contribution >= 0.6 is 0 Å². The number of benzene rings is 1. The topological polar surface area (TPSA) is 12.0 Å². The van der Waals surface area contributed by atoms with E-state index < -0.39 is 11.6 Å². The standard InChI is InChI=1S/C15H23F2N/c1-4-5-18-10-13(11(2)3)6-12-7-14(16)9-15(17)8-12/h7-9,11,13,18H,4-6,10H2,1-3H3. The summed E-state index contributed by atoms with van der Waals surface area (Å²) in [6.07, 6.45) is 1.81. The summed E-state index contributed by atoms with van der Waals surface area (Å²) in [5.74, 6) is -0.0959. The van der Waals surface area contributed by atoms with E-state index in [0.717, 1.165) is 31.1 Å². The van der Waals surface area contributed by atoms with Crippen molar-refractivity contribution in [2.75, 3.05) is 13.1 Å². The fourth-order valence-electron chi connectivity index (χ4n) is 2.04. The van der Waals surface area contributed by atoms with Crippen LogP contribution in [-0.2, 0) is 6.42 Å². The van der Waals surface area contributed by atoms with Crippen molar-refractivity contribution in [1.29, 1.82) is 0 Å². The van der Waals surface area contributed by atoms with Crippen LogP contribution in [0.4, 0.5) is 8.78 Å². The quantitative estimate of drug-likeness (QED) is 0.731. The summed E-state index contributed by atoms with van der Waals surface area (Å²) in [5, 5.41) is 3.38. The maximum absolute atomic E-state index is 13.1. The first kappa shape index (κ1) is 15.1. The van der Waals surface area contributed by atoms with Gasteiger partial charge in [-0.2, -0.15) is 0 Å². The first-order valence-electron chi connectivity index (χ1n) is 6.68. The summed E-state index contributed by atoms with van der Waals surface area (Å²) in [5.41, 5.74) is 0.740. The Balaban J connectivity index is 2.64. The van der Waals surface area contributed by atoms with E-state index in [4.69, 9.17) is 0 Å². The normalized spacial score (nSPS) is 13.0. The molecule has 0 bridgehead atoms. The molecule has 0 aliphatic rings. The first-order valence-corrected chi connectivity index (χ1v) is 6.68. The Kier molecular flexibility index (Phi) is 6.27. The number of hydrogen-bond acceptors (Lipinski definition) is 1. The molecule has 1 atom stereocenters. The van der Waals surface area contributed by atoms with Gasteiger partial charge in [0.1, 0.15) is 11.6 Å². The van der Waals surface area contributed by atoms with Crippen molar-refractivity contribution in [1.82, 2.24) is 5.32 Å². The van der Waals surface area contributed by atoms with Gasteiger partial charge in [-0.1, -0.05) is 20.8 Å². The van der Waals surface area contributed by atoms with Gasteiger partial charge < -0.3 is 5.32 Å². The van der Waals surface area contributed by atoms with Crippen LogP contribution in [0.3, 0.4) is 0 Å². The largest absolute Gasteiger partial charge is 0.316 e. The summed E-state index contributed by atoms with van der Waals surface area (Å²) in [4.78, 5) is 0. The Hall–Kier alpha value is -0.960. The molecule has 1 unspecified atom stereocenters. The third kappa shape index (κ3) is 5.13. The van der Waals surface area contributed by atoms with E-state index in [1.807, 2.05) is 0 Å². The molecule has 1 N–H and O–H groups in total. The molecular formula is C15H23F2N. The smallest absolute Gasteiger partial charge is 0.126 e. The summed E-state index contributed by atoms with van der Waals surface area (Å²) in [6, 6.07) is 3.78. The van der Waals surface area contributed by atoms with Crippen LogP contribution in [0.25, 0.3) is 0 Å². The van der Waals surface area contributed by atoms with E-state index in [1.54, 1.807) is 0 Å². The SMILES string of the molecule is CCCNCC(Cc1cc(F)cc(F)c1)C(C)C. The number of nitrogens with one attached hydrogen (secondary N) is 1. The van der Waals surface area contributed by atoms with Gasteiger partial charge in [-0.15, -0.1) is 0 Å². The van der Waals surface area contributed by atoms with Crippen LogP contribution < -0.4 is 5.32 Å². The molecule has 0 aromatic heterocycles. The van der Waals surface area contributed by atoms with Crippen LogP contribution in [0.2, 0.25) is 0 Å². The lowest BCUT2D eigenvalue weighted by atomic mass is 9.89. The van der Waals surface area contributed by atoms with Crippen LogP contribution in [0.15, 0.2) is 18.2 Å². The summed E-state index contributed by atoms with van der Waals surface area (Å²) < 4.78 is 26.3. The molecule has 1 rings (SSSR count). The van der Waals surface area contributed by atoms with Gasteiger partial charge in [0.05, 0.1) is 0 Å². The lowest BCUT2D eigenvalue weighted by molar-refractivity contribution is 0.360. The summed E-state index contributed by atoms with van der Waals surface area (Å²) in [7, 11) is 0. The van der Waals surface area contributed by atoms with E-state index in [2.05, 4.69) is 26.1 Å². The molecule has 0 aliphatic heterocycles. The average Bonchev–Trinajstić information content (AvgIpc) is 2.26. The minimum atomic E-state index is -0.492. The highest BCUT2D eigenvalue weighted by Crippen LogP contribution is 2.18. The van der Waals surface area contributed by atoms with Crippen molar-refractivity contribution >= 4 is 0 Å². The molecular weight excluding hydrogens is 232 g/mol. The molecule has 0 amide bonds. The minimum absolute atomic E-state index is 0.401. The molecule has 1 aromatic rings. The van der Waals surface area contributed by atoms with Gasteiger partial charge in [0, 0.05) is 6.07 Å². The third-order valence-corrected chi connectivity index (χ3v) is 3.20. The minimum Gasteiger partial charge on any atom is -0.316 e. The Bertz CT molecular complexity index is 343. The highest BCUT2D eigenvalue weighted by molar-refractivity contribution is 5.18. The Labute approximate surface area is 109 Å². The first-order chi connectivity index (χ1) is 8.52. The van der Waals surface area contributed by atoms with Gasteiger partial charge in [0.15, 0.2) is 0 Å². The maximum Gasteiger partial charge on any atom is 0.126 e. The zero-order valence-corrected chi connectivity index (χ0v) is 11.5. The summed E-state index contributed by atoms with van der Waals surface area (Å²) >= 11 is 0. The zero-order valence-electron chi connectivity index (χ0n) is 11.5. The Morgan fingerprint density at radius 1 is 1.11 bits per heavy atom. The number of rotatable bonds is 7. The predicted molar refractivity (Wildman–Crippen MR) is 71.6 cm³/mol. The van der Waals surface area contributed by atoms with Crippen LogP contribution in [0.1, 0.15) is 32.8 Å². The molecule has 3 heteroatoms. The molecule has 0 heterocycles. The lowest BCUT2D eigenvalue weighted by Crippen LogP contribution is -2.28. The van der Waals surface area contributed by atoms with Gasteiger partial charge >= 0.3 is 0 Å².